The monoisotopic (exact) mass is 294 g/mol. The molecule has 1 N–H and O–H groups in total. The van der Waals surface area contributed by atoms with Crippen LogP contribution in [0.25, 0.3) is 10.9 Å². The Morgan fingerprint density at radius 1 is 1.05 bits per heavy atom. The molecule has 0 bridgehead atoms. The van der Waals surface area contributed by atoms with Gasteiger partial charge < -0.3 is 14.6 Å². The zero-order valence-corrected chi connectivity index (χ0v) is 13.2. The lowest BCUT2D eigenvalue weighted by atomic mass is 10.1. The van der Waals surface area contributed by atoms with E-state index < -0.39 is 0 Å². The van der Waals surface area contributed by atoms with Gasteiger partial charge in [0.15, 0.2) is 0 Å². The molecule has 0 atom stereocenters. The van der Waals surface area contributed by atoms with Crippen LogP contribution in [0, 0.1) is 0 Å². The summed E-state index contributed by atoms with van der Waals surface area (Å²) in [6, 6.07) is 16.8. The number of hydrogen-bond acceptors (Lipinski definition) is 2. The molecule has 1 heterocycles. The first-order chi connectivity index (χ1) is 10.8. The topological polar surface area (TPSA) is 26.2 Å². The van der Waals surface area contributed by atoms with Crippen molar-refractivity contribution in [2.45, 2.75) is 13.0 Å². The van der Waals surface area contributed by atoms with Crippen LogP contribution in [-0.2, 0) is 20.0 Å². The fraction of sp³-hybridized carbons (Fsp3) is 0.263. The number of fused-ring (bicyclic) bond motifs is 1. The second-order valence-corrected chi connectivity index (χ2v) is 5.56. The van der Waals surface area contributed by atoms with Crippen molar-refractivity contribution < 1.29 is 4.74 Å². The maximum Gasteiger partial charge on any atom is 0.118 e. The van der Waals surface area contributed by atoms with Crippen molar-refractivity contribution in [3.05, 3.63) is 65.9 Å². The molecular formula is C19H22N2O. The molecule has 3 heteroatoms. The standard InChI is InChI=1S/C19H22N2O/c1-21-14-16(18-5-3-4-6-19(18)21)13-20-12-11-15-7-9-17(22-2)10-8-15/h3-10,14,20H,11-13H2,1-2H3. The summed E-state index contributed by atoms with van der Waals surface area (Å²) in [5, 5.41) is 4.87. The molecule has 0 saturated carbocycles. The first kappa shape index (κ1) is 14.7. The number of nitrogens with zero attached hydrogens (tertiary/aromatic N) is 1. The Hall–Kier alpha value is -2.26. The first-order valence-corrected chi connectivity index (χ1v) is 7.64. The zero-order valence-electron chi connectivity index (χ0n) is 13.2. The van der Waals surface area contributed by atoms with Crippen molar-refractivity contribution in [1.29, 1.82) is 0 Å². The van der Waals surface area contributed by atoms with Gasteiger partial charge in [-0.1, -0.05) is 30.3 Å². The lowest BCUT2D eigenvalue weighted by Crippen LogP contribution is -2.16. The van der Waals surface area contributed by atoms with Crippen molar-refractivity contribution >= 4 is 10.9 Å². The van der Waals surface area contributed by atoms with E-state index in [1.54, 1.807) is 7.11 Å². The molecule has 3 rings (SSSR count). The second-order valence-electron chi connectivity index (χ2n) is 5.56. The van der Waals surface area contributed by atoms with Crippen LogP contribution in [0.4, 0.5) is 0 Å². The van der Waals surface area contributed by atoms with E-state index in [0.717, 1.165) is 25.3 Å². The minimum absolute atomic E-state index is 0.900. The van der Waals surface area contributed by atoms with Crippen LogP contribution in [0.15, 0.2) is 54.7 Å². The predicted octanol–water partition coefficient (Wildman–Crippen LogP) is 3.52. The van der Waals surface area contributed by atoms with E-state index in [-0.39, 0.29) is 0 Å². The number of methoxy groups -OCH3 is 1. The van der Waals surface area contributed by atoms with Gasteiger partial charge in [0.05, 0.1) is 7.11 Å². The molecule has 114 valence electrons. The highest BCUT2D eigenvalue weighted by Crippen LogP contribution is 2.20. The summed E-state index contributed by atoms with van der Waals surface area (Å²) in [5.41, 5.74) is 3.97. The van der Waals surface area contributed by atoms with Gasteiger partial charge >= 0.3 is 0 Å². The molecule has 3 aromatic rings. The fourth-order valence-corrected chi connectivity index (χ4v) is 2.81. The lowest BCUT2D eigenvalue weighted by Gasteiger charge is -2.05. The van der Waals surface area contributed by atoms with Crippen LogP contribution in [0.2, 0.25) is 0 Å². The lowest BCUT2D eigenvalue weighted by molar-refractivity contribution is 0.414. The summed E-state index contributed by atoms with van der Waals surface area (Å²) in [6.45, 7) is 1.87. The van der Waals surface area contributed by atoms with Gasteiger partial charge in [-0.15, -0.1) is 0 Å². The van der Waals surface area contributed by atoms with E-state index in [9.17, 15) is 0 Å². The number of para-hydroxylation sites is 1. The Balaban J connectivity index is 1.56. The van der Waals surface area contributed by atoms with E-state index in [1.807, 2.05) is 12.1 Å². The third-order valence-electron chi connectivity index (χ3n) is 4.04. The Labute approximate surface area is 131 Å². The Morgan fingerprint density at radius 3 is 2.59 bits per heavy atom. The highest BCUT2D eigenvalue weighted by atomic mass is 16.5. The average Bonchev–Trinajstić information content (AvgIpc) is 2.89. The van der Waals surface area contributed by atoms with Gasteiger partial charge in [-0.25, -0.2) is 0 Å². The number of nitrogens with one attached hydrogen (secondary N) is 1. The van der Waals surface area contributed by atoms with Gasteiger partial charge in [-0.3, -0.25) is 0 Å². The van der Waals surface area contributed by atoms with Gasteiger partial charge in [-0.05, 0) is 42.3 Å². The largest absolute Gasteiger partial charge is 0.497 e. The SMILES string of the molecule is COc1ccc(CCNCc2cn(C)c3ccccc23)cc1. The van der Waals surface area contributed by atoms with E-state index in [4.69, 9.17) is 4.74 Å². The van der Waals surface area contributed by atoms with E-state index >= 15 is 0 Å². The van der Waals surface area contributed by atoms with Crippen molar-refractivity contribution in [3.8, 4) is 5.75 Å². The van der Waals surface area contributed by atoms with Crippen LogP contribution in [-0.4, -0.2) is 18.2 Å². The minimum atomic E-state index is 0.900. The molecule has 1 aromatic heterocycles. The molecular weight excluding hydrogens is 272 g/mol. The number of ether oxygens (including phenoxy) is 1. The molecule has 2 aromatic carbocycles. The predicted molar refractivity (Wildman–Crippen MR) is 91.3 cm³/mol. The fourth-order valence-electron chi connectivity index (χ4n) is 2.81. The van der Waals surface area contributed by atoms with Gasteiger partial charge in [-0.2, -0.15) is 0 Å². The van der Waals surface area contributed by atoms with Crippen LogP contribution < -0.4 is 10.1 Å². The van der Waals surface area contributed by atoms with Gasteiger partial charge in [0.25, 0.3) is 0 Å². The number of hydrogen-bond donors (Lipinski definition) is 1. The van der Waals surface area contributed by atoms with Crippen molar-refractivity contribution in [2.75, 3.05) is 13.7 Å². The van der Waals surface area contributed by atoms with Gasteiger partial charge in [0.1, 0.15) is 5.75 Å². The maximum absolute atomic E-state index is 5.18. The Bertz CT molecular complexity index is 744. The molecule has 0 aliphatic heterocycles. The molecule has 0 fully saturated rings. The summed E-state index contributed by atoms with van der Waals surface area (Å²) < 4.78 is 7.37. The van der Waals surface area contributed by atoms with Crippen LogP contribution in [0.5, 0.6) is 5.75 Å². The van der Waals surface area contributed by atoms with Crippen LogP contribution in [0.1, 0.15) is 11.1 Å². The van der Waals surface area contributed by atoms with Crippen molar-refractivity contribution in [2.24, 2.45) is 7.05 Å². The summed E-state index contributed by atoms with van der Waals surface area (Å²) in [5.74, 6) is 0.910. The molecule has 0 unspecified atom stereocenters. The highest BCUT2D eigenvalue weighted by Gasteiger charge is 2.05. The third-order valence-corrected chi connectivity index (χ3v) is 4.04. The van der Waals surface area contributed by atoms with Crippen molar-refractivity contribution in [1.82, 2.24) is 9.88 Å². The smallest absolute Gasteiger partial charge is 0.118 e. The summed E-state index contributed by atoms with van der Waals surface area (Å²) >= 11 is 0. The number of aromatic nitrogens is 1. The number of aryl methyl sites for hydroxylation is 1. The average molecular weight is 294 g/mol. The minimum Gasteiger partial charge on any atom is -0.497 e. The summed E-state index contributed by atoms with van der Waals surface area (Å²) in [7, 11) is 3.80. The summed E-state index contributed by atoms with van der Waals surface area (Å²) in [6.07, 6.45) is 3.24. The quantitative estimate of drug-likeness (QED) is 0.704. The second kappa shape index (κ2) is 6.67. The summed E-state index contributed by atoms with van der Waals surface area (Å²) in [4.78, 5) is 0. The molecule has 0 radical (unpaired) electrons. The number of benzene rings is 2. The molecule has 0 aliphatic rings. The van der Waals surface area contributed by atoms with Gasteiger partial charge in [0.2, 0.25) is 0 Å². The van der Waals surface area contributed by atoms with Crippen LogP contribution >= 0.6 is 0 Å². The normalized spacial score (nSPS) is 11.0. The van der Waals surface area contributed by atoms with Crippen molar-refractivity contribution in [3.63, 3.8) is 0 Å². The Morgan fingerprint density at radius 2 is 1.82 bits per heavy atom. The van der Waals surface area contributed by atoms with E-state index in [2.05, 4.69) is 59.5 Å². The van der Waals surface area contributed by atoms with E-state index in [1.165, 1.54) is 22.0 Å². The molecule has 22 heavy (non-hydrogen) atoms. The maximum atomic E-state index is 5.18. The Kier molecular flexibility index (Phi) is 4.45. The molecule has 0 spiro atoms. The molecule has 0 saturated heterocycles. The highest BCUT2D eigenvalue weighted by molar-refractivity contribution is 5.83. The third kappa shape index (κ3) is 3.15. The zero-order chi connectivity index (χ0) is 15.4. The first-order valence-electron chi connectivity index (χ1n) is 7.64. The molecule has 0 aliphatic carbocycles. The molecule has 3 nitrogen and oxygen atoms in total. The molecule has 0 amide bonds. The van der Waals surface area contributed by atoms with Crippen LogP contribution in [0.3, 0.4) is 0 Å². The van der Waals surface area contributed by atoms with E-state index in [0.29, 0.717) is 0 Å². The van der Waals surface area contributed by atoms with Gasteiger partial charge in [0, 0.05) is 30.7 Å². The number of rotatable bonds is 6.